The van der Waals surface area contributed by atoms with Crippen LogP contribution in [0.3, 0.4) is 0 Å². The van der Waals surface area contributed by atoms with Gasteiger partial charge in [0.1, 0.15) is 16.2 Å². The molecule has 2 aliphatic carbocycles. The van der Waals surface area contributed by atoms with Gasteiger partial charge in [-0.2, -0.15) is 5.26 Å². The Morgan fingerprint density at radius 3 is 2.33 bits per heavy atom. The summed E-state index contributed by atoms with van der Waals surface area (Å²) in [5, 5.41) is 14.7. The number of halogens is 6. The number of hydrogen-bond donors (Lipinski definition) is 2. The maximum absolute atomic E-state index is 13.8. The molecule has 2 N–H and O–H groups in total. The minimum atomic E-state index is -1.50. The maximum Gasteiger partial charge on any atom is 0.254 e. The average molecular weight is 550 g/mol. The molecule has 0 spiro atoms. The number of nitrogens with zero attached hydrogens (tertiary/aromatic N) is 1. The molecule has 33 heavy (non-hydrogen) atoms. The zero-order chi connectivity index (χ0) is 24.2. The predicted molar refractivity (Wildman–Crippen MR) is 127 cm³/mol. The number of carbonyl (C=O) groups excluding carboxylic acids is 2. The first-order valence-corrected chi connectivity index (χ1v) is 11.6. The number of benzene rings is 2. The molecule has 2 saturated carbocycles. The highest BCUT2D eigenvalue weighted by Crippen LogP contribution is 2.73. The smallest absolute Gasteiger partial charge is 0.254 e. The molecule has 0 heterocycles. The van der Waals surface area contributed by atoms with Crippen LogP contribution >= 0.6 is 58.0 Å². The molecule has 0 saturated heterocycles. The van der Waals surface area contributed by atoms with Crippen molar-refractivity contribution in [2.75, 3.05) is 11.9 Å². The fourth-order valence-corrected chi connectivity index (χ4v) is 5.55. The van der Waals surface area contributed by atoms with Crippen LogP contribution < -0.4 is 10.6 Å². The van der Waals surface area contributed by atoms with Crippen molar-refractivity contribution in [3.8, 4) is 6.07 Å². The Kier molecular flexibility index (Phi) is 6.26. The summed E-state index contributed by atoms with van der Waals surface area (Å²) in [5.41, 5.74) is -1.02. The zero-order valence-corrected chi connectivity index (χ0v) is 20.5. The van der Waals surface area contributed by atoms with Crippen molar-refractivity contribution in [2.24, 2.45) is 5.41 Å². The van der Waals surface area contributed by atoms with Crippen LogP contribution in [0.2, 0.25) is 15.1 Å². The summed E-state index contributed by atoms with van der Waals surface area (Å²) in [5.74, 6) is -1.95. The van der Waals surface area contributed by atoms with E-state index in [4.69, 9.17) is 58.0 Å². The van der Waals surface area contributed by atoms with E-state index in [9.17, 15) is 19.2 Å². The minimum Gasteiger partial charge on any atom is -0.384 e. The number of rotatable bonds is 7. The first-order valence-electron chi connectivity index (χ1n) is 9.76. The molecule has 5 nitrogen and oxygen atoms in total. The highest BCUT2D eigenvalue weighted by atomic mass is 35.5. The third-order valence-corrected chi connectivity index (χ3v) is 8.10. The first kappa shape index (κ1) is 24.4. The standard InChI is InChI=1S/C22H15Cl5FN3O2/c23-14-2-1-12(7-13(14)19(33)31-20(8-29)3-4-20)30-9-21(10-32)18(22(21,26)27)11-5-15(24)17(28)16(25)6-11/h1-2,5-7,10,18,30H,3-4,9H2,(H,31,33). The van der Waals surface area contributed by atoms with Crippen LogP contribution in [0.4, 0.5) is 10.1 Å². The van der Waals surface area contributed by atoms with Gasteiger partial charge in [-0.05, 0) is 48.7 Å². The van der Waals surface area contributed by atoms with Crippen molar-refractivity contribution < 1.29 is 14.0 Å². The van der Waals surface area contributed by atoms with Gasteiger partial charge in [0.15, 0.2) is 5.82 Å². The van der Waals surface area contributed by atoms with Gasteiger partial charge in [0.2, 0.25) is 0 Å². The fourth-order valence-electron chi connectivity index (χ4n) is 3.86. The van der Waals surface area contributed by atoms with Crippen molar-refractivity contribution >= 4 is 75.9 Å². The lowest BCUT2D eigenvalue weighted by Gasteiger charge is -2.16. The number of nitriles is 1. The van der Waals surface area contributed by atoms with Crippen molar-refractivity contribution in [1.29, 1.82) is 5.26 Å². The normalized spacial score (nSPS) is 23.8. The molecule has 0 bridgehead atoms. The second-order valence-corrected chi connectivity index (χ2v) is 10.8. The highest BCUT2D eigenvalue weighted by Gasteiger charge is 2.76. The molecule has 2 aromatic carbocycles. The Bertz CT molecular complexity index is 1190. The van der Waals surface area contributed by atoms with Crippen LogP contribution in [-0.2, 0) is 4.79 Å². The van der Waals surface area contributed by atoms with Crippen LogP contribution in [0.5, 0.6) is 0 Å². The second-order valence-electron chi connectivity index (χ2n) is 8.21. The van der Waals surface area contributed by atoms with Crippen molar-refractivity contribution in [2.45, 2.75) is 28.6 Å². The number of hydrogen-bond acceptors (Lipinski definition) is 4. The number of carbonyl (C=O) groups is 2. The molecule has 1 amide bonds. The second kappa shape index (κ2) is 8.48. The first-order chi connectivity index (χ1) is 15.5. The topological polar surface area (TPSA) is 82.0 Å². The van der Waals surface area contributed by atoms with Crippen LogP contribution in [-0.4, -0.2) is 28.6 Å². The molecular formula is C22H15Cl5FN3O2. The summed E-state index contributed by atoms with van der Waals surface area (Å²) in [6.45, 7) is 0.00556. The Hall–Kier alpha value is -1.75. The van der Waals surface area contributed by atoms with Gasteiger partial charge >= 0.3 is 0 Å². The molecular weight excluding hydrogens is 535 g/mol. The highest BCUT2D eigenvalue weighted by molar-refractivity contribution is 6.54. The average Bonchev–Trinajstić information content (AvgIpc) is 3.64. The number of amides is 1. The SMILES string of the molecule is N#CC1(NC(=O)c2cc(NCC3(C=O)C(c4cc(Cl)c(F)c(Cl)c4)C3(Cl)Cl)ccc2Cl)CC1. The third kappa shape index (κ3) is 4.15. The summed E-state index contributed by atoms with van der Waals surface area (Å²) in [6.07, 6.45) is 1.81. The number of alkyl halides is 2. The predicted octanol–water partition coefficient (Wildman–Crippen LogP) is 6.14. The molecule has 11 heteroatoms. The van der Waals surface area contributed by atoms with E-state index in [0.717, 1.165) is 0 Å². The molecule has 2 aliphatic rings. The molecule has 2 unspecified atom stereocenters. The zero-order valence-electron chi connectivity index (χ0n) is 16.7. The van der Waals surface area contributed by atoms with Crippen molar-refractivity contribution in [3.05, 3.63) is 62.3 Å². The van der Waals surface area contributed by atoms with E-state index in [1.54, 1.807) is 6.07 Å². The lowest BCUT2D eigenvalue weighted by Crippen LogP contribution is -2.35. The molecule has 172 valence electrons. The van der Waals surface area contributed by atoms with Gasteiger partial charge < -0.3 is 15.4 Å². The summed E-state index contributed by atoms with van der Waals surface area (Å²) < 4.78 is 12.3. The van der Waals surface area contributed by atoms with E-state index in [0.29, 0.717) is 30.4 Å². The van der Waals surface area contributed by atoms with Crippen LogP contribution in [0.25, 0.3) is 0 Å². The van der Waals surface area contributed by atoms with E-state index < -0.39 is 32.9 Å². The van der Waals surface area contributed by atoms with E-state index in [1.165, 1.54) is 24.3 Å². The summed E-state index contributed by atoms with van der Waals surface area (Å²) in [4.78, 5) is 24.7. The Balaban J connectivity index is 1.55. The van der Waals surface area contributed by atoms with Gasteiger partial charge in [-0.15, -0.1) is 0 Å². The van der Waals surface area contributed by atoms with Gasteiger partial charge in [-0.1, -0.05) is 58.0 Å². The quantitative estimate of drug-likeness (QED) is 0.247. The van der Waals surface area contributed by atoms with Gasteiger partial charge in [-0.3, -0.25) is 4.79 Å². The minimum absolute atomic E-state index is 0.00556. The maximum atomic E-state index is 13.8. The summed E-state index contributed by atoms with van der Waals surface area (Å²) in [7, 11) is 0. The Labute approximate surface area is 214 Å². The Morgan fingerprint density at radius 2 is 1.79 bits per heavy atom. The van der Waals surface area contributed by atoms with Gasteiger partial charge in [-0.25, -0.2) is 4.39 Å². The molecule has 4 rings (SSSR count). The lowest BCUT2D eigenvalue weighted by molar-refractivity contribution is -0.112. The lowest BCUT2D eigenvalue weighted by atomic mass is 10.00. The molecule has 2 fully saturated rings. The summed E-state index contributed by atoms with van der Waals surface area (Å²) in [6, 6.07) is 9.43. The number of aldehydes is 1. The van der Waals surface area contributed by atoms with Crippen molar-refractivity contribution in [1.82, 2.24) is 5.32 Å². The number of anilines is 1. The van der Waals surface area contributed by atoms with Gasteiger partial charge in [0.05, 0.1) is 32.1 Å². The van der Waals surface area contributed by atoms with Gasteiger partial charge in [0.25, 0.3) is 5.91 Å². The van der Waals surface area contributed by atoms with E-state index in [1.807, 2.05) is 0 Å². The Morgan fingerprint density at radius 1 is 1.15 bits per heavy atom. The van der Waals surface area contributed by atoms with Crippen LogP contribution in [0, 0.1) is 22.6 Å². The monoisotopic (exact) mass is 547 g/mol. The third-order valence-electron chi connectivity index (χ3n) is 6.08. The summed E-state index contributed by atoms with van der Waals surface area (Å²) >= 11 is 30.9. The van der Waals surface area contributed by atoms with E-state index in [2.05, 4.69) is 16.7 Å². The molecule has 2 aromatic rings. The largest absolute Gasteiger partial charge is 0.384 e. The van der Waals surface area contributed by atoms with Gasteiger partial charge in [0, 0.05) is 18.2 Å². The van der Waals surface area contributed by atoms with E-state index in [-0.39, 0.29) is 27.2 Å². The van der Waals surface area contributed by atoms with Crippen LogP contribution in [0.15, 0.2) is 30.3 Å². The number of nitrogens with one attached hydrogen (secondary N) is 2. The van der Waals surface area contributed by atoms with Crippen LogP contribution in [0.1, 0.15) is 34.7 Å². The fraction of sp³-hybridized carbons (Fsp3) is 0.318. The van der Waals surface area contributed by atoms with Crippen molar-refractivity contribution in [3.63, 3.8) is 0 Å². The van der Waals surface area contributed by atoms with E-state index >= 15 is 0 Å². The molecule has 0 aliphatic heterocycles. The molecule has 0 radical (unpaired) electrons. The molecule has 2 atom stereocenters. The molecule has 0 aromatic heterocycles.